The molecule has 1 atom stereocenters. The maximum atomic E-state index is 12.7. The number of amides is 2. The molecule has 1 aliphatic rings. The molecule has 134 valence electrons. The molecular weight excluding hydrogens is 330 g/mol. The standard InChI is InChI=1S/C19H21N5O2/c1-13-6-3-4-7-15(13)19(26)9-11-23(12-19)18(25)21-16-8-5-10-24-17(16)20-14(2)22-24/h3-8,10,26H,9,11-12H2,1-2H3,(H,21,25)/t19-/m0/s1. The summed E-state index contributed by atoms with van der Waals surface area (Å²) in [5.41, 5.74) is 2.10. The van der Waals surface area contributed by atoms with Crippen molar-refractivity contribution in [2.75, 3.05) is 18.4 Å². The second-order valence-electron chi connectivity index (χ2n) is 6.80. The van der Waals surface area contributed by atoms with Crippen LogP contribution in [0.25, 0.3) is 5.65 Å². The van der Waals surface area contributed by atoms with E-state index in [4.69, 9.17) is 0 Å². The number of anilines is 1. The van der Waals surface area contributed by atoms with E-state index in [0.717, 1.165) is 11.1 Å². The normalized spacial score (nSPS) is 19.9. The van der Waals surface area contributed by atoms with Gasteiger partial charge in [0.15, 0.2) is 5.65 Å². The highest BCUT2D eigenvalue weighted by atomic mass is 16.3. The minimum atomic E-state index is -1.01. The Morgan fingerprint density at radius 1 is 1.23 bits per heavy atom. The van der Waals surface area contributed by atoms with Gasteiger partial charge in [0.25, 0.3) is 0 Å². The van der Waals surface area contributed by atoms with Gasteiger partial charge in [-0.2, -0.15) is 5.10 Å². The number of rotatable bonds is 2. The molecule has 26 heavy (non-hydrogen) atoms. The van der Waals surface area contributed by atoms with Crippen molar-refractivity contribution in [3.8, 4) is 0 Å². The van der Waals surface area contributed by atoms with Gasteiger partial charge in [-0.15, -0.1) is 0 Å². The Kier molecular flexibility index (Phi) is 3.88. The monoisotopic (exact) mass is 351 g/mol. The zero-order chi connectivity index (χ0) is 18.3. The first-order chi connectivity index (χ1) is 12.5. The highest BCUT2D eigenvalue weighted by Gasteiger charge is 2.40. The van der Waals surface area contributed by atoms with Crippen molar-refractivity contribution in [2.45, 2.75) is 25.9 Å². The molecule has 7 nitrogen and oxygen atoms in total. The molecule has 3 aromatic rings. The first kappa shape index (κ1) is 16.5. The number of aryl methyl sites for hydroxylation is 2. The molecule has 2 aromatic heterocycles. The molecule has 0 unspecified atom stereocenters. The summed E-state index contributed by atoms with van der Waals surface area (Å²) >= 11 is 0. The minimum absolute atomic E-state index is 0.247. The molecule has 1 saturated heterocycles. The number of aromatic nitrogens is 3. The number of carbonyl (C=O) groups excluding carboxylic acids is 1. The number of nitrogens with one attached hydrogen (secondary N) is 1. The van der Waals surface area contributed by atoms with Crippen LogP contribution in [0, 0.1) is 13.8 Å². The summed E-state index contributed by atoms with van der Waals surface area (Å²) in [7, 11) is 0. The van der Waals surface area contributed by atoms with Crippen molar-refractivity contribution >= 4 is 17.4 Å². The quantitative estimate of drug-likeness (QED) is 0.743. The van der Waals surface area contributed by atoms with Crippen LogP contribution in [0.1, 0.15) is 23.4 Å². The Labute approximate surface area is 151 Å². The van der Waals surface area contributed by atoms with E-state index in [1.807, 2.05) is 37.3 Å². The molecule has 0 spiro atoms. The number of aliphatic hydroxyl groups is 1. The fraction of sp³-hybridized carbons (Fsp3) is 0.316. The Hall–Kier alpha value is -2.93. The summed E-state index contributed by atoms with van der Waals surface area (Å²) in [6, 6.07) is 11.1. The summed E-state index contributed by atoms with van der Waals surface area (Å²) in [5, 5.41) is 18.2. The molecule has 0 aliphatic carbocycles. The van der Waals surface area contributed by atoms with E-state index < -0.39 is 5.60 Å². The van der Waals surface area contributed by atoms with Crippen LogP contribution < -0.4 is 5.32 Å². The number of benzene rings is 1. The number of likely N-dealkylation sites (tertiary alicyclic amines) is 1. The van der Waals surface area contributed by atoms with Gasteiger partial charge in [0.1, 0.15) is 11.4 Å². The van der Waals surface area contributed by atoms with Gasteiger partial charge in [0.2, 0.25) is 0 Å². The third-order valence-electron chi connectivity index (χ3n) is 4.89. The van der Waals surface area contributed by atoms with Crippen LogP contribution in [0.5, 0.6) is 0 Å². The summed E-state index contributed by atoms with van der Waals surface area (Å²) in [4.78, 5) is 18.7. The average Bonchev–Trinajstić information content (AvgIpc) is 3.19. The number of carbonyl (C=O) groups is 1. The lowest BCUT2D eigenvalue weighted by Crippen LogP contribution is -2.37. The second-order valence-corrected chi connectivity index (χ2v) is 6.80. The summed E-state index contributed by atoms with van der Waals surface area (Å²) in [5.74, 6) is 0.641. The second kappa shape index (κ2) is 6.10. The molecule has 1 fully saturated rings. The number of β-amino-alcohol motifs (C(OH)–C–C–N with tert-alkyl or cyclic N) is 1. The molecule has 2 N–H and O–H groups in total. The summed E-state index contributed by atoms with van der Waals surface area (Å²) in [6.45, 7) is 4.54. The fourth-order valence-electron chi connectivity index (χ4n) is 3.59. The maximum absolute atomic E-state index is 12.7. The lowest BCUT2D eigenvalue weighted by atomic mass is 9.89. The predicted octanol–water partition coefficient (Wildman–Crippen LogP) is 2.47. The van der Waals surface area contributed by atoms with Crippen LogP contribution in [0.3, 0.4) is 0 Å². The molecular formula is C19H21N5O2. The lowest BCUT2D eigenvalue weighted by Gasteiger charge is -2.25. The number of hydrogen-bond acceptors (Lipinski definition) is 4. The molecule has 1 aromatic carbocycles. The van der Waals surface area contributed by atoms with E-state index in [1.165, 1.54) is 0 Å². The third kappa shape index (κ3) is 2.80. The lowest BCUT2D eigenvalue weighted by molar-refractivity contribution is 0.0494. The number of fused-ring (bicyclic) bond motifs is 1. The number of urea groups is 1. The Morgan fingerprint density at radius 2 is 2.04 bits per heavy atom. The van der Waals surface area contributed by atoms with Gasteiger partial charge in [-0.25, -0.2) is 14.3 Å². The van der Waals surface area contributed by atoms with Gasteiger partial charge in [0, 0.05) is 12.7 Å². The summed E-state index contributed by atoms with van der Waals surface area (Å²) in [6.07, 6.45) is 2.30. The van der Waals surface area contributed by atoms with Gasteiger partial charge >= 0.3 is 6.03 Å². The highest BCUT2D eigenvalue weighted by Crippen LogP contribution is 2.34. The van der Waals surface area contributed by atoms with Crippen molar-refractivity contribution in [1.29, 1.82) is 0 Å². The topological polar surface area (TPSA) is 82.8 Å². The van der Waals surface area contributed by atoms with Gasteiger partial charge in [-0.05, 0) is 43.5 Å². The van der Waals surface area contributed by atoms with Crippen molar-refractivity contribution < 1.29 is 9.90 Å². The molecule has 1 aliphatic heterocycles. The minimum Gasteiger partial charge on any atom is -0.383 e. The van der Waals surface area contributed by atoms with Gasteiger partial charge in [-0.1, -0.05) is 24.3 Å². The number of hydrogen-bond donors (Lipinski definition) is 2. The molecule has 7 heteroatoms. The molecule has 3 heterocycles. The SMILES string of the molecule is Cc1nc2c(NC(=O)N3CC[C@@](O)(c4ccccc4C)C3)cccn2n1. The largest absolute Gasteiger partial charge is 0.383 e. The zero-order valence-electron chi connectivity index (χ0n) is 14.8. The van der Waals surface area contributed by atoms with Gasteiger partial charge in [-0.3, -0.25) is 0 Å². The molecule has 0 radical (unpaired) electrons. The first-order valence-corrected chi connectivity index (χ1v) is 8.63. The van der Waals surface area contributed by atoms with Crippen LogP contribution in [-0.4, -0.2) is 43.7 Å². The molecule has 4 rings (SSSR count). The Morgan fingerprint density at radius 3 is 2.85 bits per heavy atom. The highest BCUT2D eigenvalue weighted by molar-refractivity contribution is 5.93. The number of pyridine rings is 1. The van der Waals surface area contributed by atoms with Crippen LogP contribution >= 0.6 is 0 Å². The van der Waals surface area contributed by atoms with E-state index in [1.54, 1.807) is 28.6 Å². The number of nitrogens with zero attached hydrogens (tertiary/aromatic N) is 4. The zero-order valence-corrected chi connectivity index (χ0v) is 14.8. The Bertz CT molecular complexity index is 983. The van der Waals surface area contributed by atoms with E-state index in [9.17, 15) is 9.90 Å². The maximum Gasteiger partial charge on any atom is 0.322 e. The summed E-state index contributed by atoms with van der Waals surface area (Å²) < 4.78 is 1.64. The fourth-order valence-corrected chi connectivity index (χ4v) is 3.59. The van der Waals surface area contributed by atoms with Crippen molar-refractivity contribution in [3.63, 3.8) is 0 Å². The third-order valence-corrected chi connectivity index (χ3v) is 4.89. The van der Waals surface area contributed by atoms with E-state index in [0.29, 0.717) is 30.1 Å². The molecule has 0 bridgehead atoms. The van der Waals surface area contributed by atoms with Crippen molar-refractivity contribution in [3.05, 3.63) is 59.5 Å². The smallest absolute Gasteiger partial charge is 0.322 e. The first-order valence-electron chi connectivity index (χ1n) is 8.63. The van der Waals surface area contributed by atoms with E-state index >= 15 is 0 Å². The van der Waals surface area contributed by atoms with E-state index in [-0.39, 0.29) is 12.6 Å². The van der Waals surface area contributed by atoms with E-state index in [2.05, 4.69) is 15.4 Å². The van der Waals surface area contributed by atoms with Crippen LogP contribution in [0.2, 0.25) is 0 Å². The van der Waals surface area contributed by atoms with Crippen LogP contribution in [-0.2, 0) is 5.60 Å². The molecule has 2 amide bonds. The van der Waals surface area contributed by atoms with Gasteiger partial charge in [0.05, 0.1) is 12.2 Å². The average molecular weight is 351 g/mol. The Balaban J connectivity index is 1.54. The van der Waals surface area contributed by atoms with Crippen molar-refractivity contribution in [1.82, 2.24) is 19.5 Å². The van der Waals surface area contributed by atoms with Crippen LogP contribution in [0.15, 0.2) is 42.6 Å². The van der Waals surface area contributed by atoms with Crippen molar-refractivity contribution in [2.24, 2.45) is 0 Å². The van der Waals surface area contributed by atoms with Gasteiger partial charge < -0.3 is 15.3 Å². The predicted molar refractivity (Wildman–Crippen MR) is 98.0 cm³/mol. The molecule has 0 saturated carbocycles. The van der Waals surface area contributed by atoms with Crippen LogP contribution in [0.4, 0.5) is 10.5 Å².